The van der Waals surface area contributed by atoms with Gasteiger partial charge in [-0.15, -0.1) is 0 Å². The Labute approximate surface area is 116 Å². The highest BCUT2D eigenvalue weighted by molar-refractivity contribution is 9.08. The van der Waals surface area contributed by atoms with Gasteiger partial charge in [-0.1, -0.05) is 35.8 Å². The molecular formula is C14H18BrN3. The van der Waals surface area contributed by atoms with E-state index in [1.54, 1.807) is 0 Å². The highest BCUT2D eigenvalue weighted by Gasteiger charge is 2.09. The Bertz CT molecular complexity index is 546. The standard InChI is InChI=1S/C14H18BrN3/c1-4-13-16-14(5-2)18(17-13)12-7-6-11(9-15)10(3)8-12/h6-8H,4-5,9H2,1-3H3. The first kappa shape index (κ1) is 13.3. The van der Waals surface area contributed by atoms with Crippen LogP contribution in [0.5, 0.6) is 0 Å². The maximum absolute atomic E-state index is 4.56. The van der Waals surface area contributed by atoms with Crippen LogP contribution in [0, 0.1) is 6.92 Å². The minimum atomic E-state index is 0.873. The zero-order chi connectivity index (χ0) is 13.1. The van der Waals surface area contributed by atoms with E-state index in [1.807, 2.05) is 4.68 Å². The van der Waals surface area contributed by atoms with Crippen LogP contribution in [-0.2, 0) is 18.2 Å². The van der Waals surface area contributed by atoms with Gasteiger partial charge in [0, 0.05) is 18.2 Å². The summed E-state index contributed by atoms with van der Waals surface area (Å²) in [7, 11) is 0. The van der Waals surface area contributed by atoms with E-state index < -0.39 is 0 Å². The van der Waals surface area contributed by atoms with Gasteiger partial charge < -0.3 is 0 Å². The van der Waals surface area contributed by atoms with Gasteiger partial charge >= 0.3 is 0 Å². The molecule has 0 aliphatic rings. The Hall–Kier alpha value is -1.16. The predicted molar refractivity (Wildman–Crippen MR) is 77.5 cm³/mol. The zero-order valence-electron chi connectivity index (χ0n) is 11.1. The second kappa shape index (κ2) is 5.65. The van der Waals surface area contributed by atoms with Crippen molar-refractivity contribution in [1.29, 1.82) is 0 Å². The molecule has 0 atom stereocenters. The van der Waals surface area contributed by atoms with Crippen LogP contribution in [0.1, 0.15) is 36.6 Å². The van der Waals surface area contributed by atoms with Gasteiger partial charge in [-0.2, -0.15) is 5.10 Å². The molecule has 0 fully saturated rings. The summed E-state index contributed by atoms with van der Waals surface area (Å²) in [5.74, 6) is 1.94. The molecule has 1 heterocycles. The average molecular weight is 308 g/mol. The smallest absolute Gasteiger partial charge is 0.151 e. The molecule has 0 spiro atoms. The lowest BCUT2D eigenvalue weighted by atomic mass is 10.1. The van der Waals surface area contributed by atoms with Crippen molar-refractivity contribution in [2.45, 2.75) is 38.9 Å². The first-order valence-electron chi connectivity index (χ1n) is 6.30. The van der Waals surface area contributed by atoms with Crippen LogP contribution < -0.4 is 0 Å². The molecule has 2 rings (SSSR count). The van der Waals surface area contributed by atoms with Crippen LogP contribution in [0.4, 0.5) is 0 Å². The lowest BCUT2D eigenvalue weighted by Crippen LogP contribution is -2.03. The van der Waals surface area contributed by atoms with Crippen molar-refractivity contribution in [2.24, 2.45) is 0 Å². The Morgan fingerprint density at radius 2 is 2.00 bits per heavy atom. The molecule has 96 valence electrons. The Morgan fingerprint density at radius 3 is 2.56 bits per heavy atom. The summed E-state index contributed by atoms with van der Waals surface area (Å²) < 4.78 is 1.96. The van der Waals surface area contributed by atoms with Crippen LogP contribution in [0.15, 0.2) is 18.2 Å². The summed E-state index contributed by atoms with van der Waals surface area (Å²) in [5, 5.41) is 5.45. The number of rotatable bonds is 4. The molecule has 2 aromatic rings. The monoisotopic (exact) mass is 307 g/mol. The van der Waals surface area contributed by atoms with Gasteiger partial charge in [0.05, 0.1) is 5.69 Å². The van der Waals surface area contributed by atoms with Crippen LogP contribution >= 0.6 is 15.9 Å². The molecule has 0 amide bonds. The van der Waals surface area contributed by atoms with E-state index in [-0.39, 0.29) is 0 Å². The first-order chi connectivity index (χ1) is 8.69. The molecule has 0 aliphatic heterocycles. The van der Waals surface area contributed by atoms with E-state index in [2.05, 4.69) is 65.0 Å². The third kappa shape index (κ3) is 2.48. The largest absolute Gasteiger partial charge is 0.218 e. The normalized spacial score (nSPS) is 10.9. The van der Waals surface area contributed by atoms with Crippen molar-refractivity contribution in [3.05, 3.63) is 41.0 Å². The molecule has 0 saturated carbocycles. The van der Waals surface area contributed by atoms with Crippen LogP contribution in [0.2, 0.25) is 0 Å². The van der Waals surface area contributed by atoms with Crippen molar-refractivity contribution in [1.82, 2.24) is 14.8 Å². The van der Waals surface area contributed by atoms with E-state index in [0.29, 0.717) is 0 Å². The molecular weight excluding hydrogens is 290 g/mol. The number of halogens is 1. The molecule has 4 heteroatoms. The number of aryl methyl sites for hydroxylation is 3. The van der Waals surface area contributed by atoms with Crippen molar-refractivity contribution >= 4 is 15.9 Å². The molecule has 1 aromatic carbocycles. The number of hydrogen-bond donors (Lipinski definition) is 0. The summed E-state index contributed by atoms with van der Waals surface area (Å²) in [5.41, 5.74) is 3.69. The number of aromatic nitrogens is 3. The van der Waals surface area contributed by atoms with Gasteiger partial charge in [-0.05, 0) is 30.2 Å². The van der Waals surface area contributed by atoms with Gasteiger partial charge in [-0.25, -0.2) is 9.67 Å². The second-order valence-corrected chi connectivity index (χ2v) is 4.87. The molecule has 0 aliphatic carbocycles. The van der Waals surface area contributed by atoms with Crippen LogP contribution in [0.25, 0.3) is 5.69 Å². The minimum Gasteiger partial charge on any atom is -0.218 e. The molecule has 0 bridgehead atoms. The van der Waals surface area contributed by atoms with E-state index in [9.17, 15) is 0 Å². The van der Waals surface area contributed by atoms with Gasteiger partial charge in [0.1, 0.15) is 5.82 Å². The maximum atomic E-state index is 4.56. The number of nitrogens with zero attached hydrogens (tertiary/aromatic N) is 3. The quantitative estimate of drug-likeness (QED) is 0.808. The third-order valence-corrected chi connectivity index (χ3v) is 3.67. The van der Waals surface area contributed by atoms with E-state index >= 15 is 0 Å². The molecule has 18 heavy (non-hydrogen) atoms. The first-order valence-corrected chi connectivity index (χ1v) is 7.42. The Balaban J connectivity index is 2.47. The third-order valence-electron chi connectivity index (χ3n) is 3.07. The van der Waals surface area contributed by atoms with Crippen molar-refractivity contribution in [3.8, 4) is 5.69 Å². The van der Waals surface area contributed by atoms with E-state index in [4.69, 9.17) is 0 Å². The molecule has 0 saturated heterocycles. The summed E-state index contributed by atoms with van der Waals surface area (Å²) in [6.07, 6.45) is 1.77. The number of hydrogen-bond acceptors (Lipinski definition) is 2. The summed E-state index contributed by atoms with van der Waals surface area (Å²) in [4.78, 5) is 4.54. The summed E-state index contributed by atoms with van der Waals surface area (Å²) in [6.45, 7) is 6.32. The summed E-state index contributed by atoms with van der Waals surface area (Å²) in [6, 6.07) is 6.42. The maximum Gasteiger partial charge on any atom is 0.151 e. The number of alkyl halides is 1. The number of benzene rings is 1. The van der Waals surface area contributed by atoms with Crippen molar-refractivity contribution < 1.29 is 0 Å². The average Bonchev–Trinajstić information content (AvgIpc) is 2.82. The van der Waals surface area contributed by atoms with Crippen LogP contribution in [-0.4, -0.2) is 14.8 Å². The SMILES string of the molecule is CCc1nc(CC)n(-c2ccc(CBr)c(C)c2)n1. The lowest BCUT2D eigenvalue weighted by Gasteiger charge is -2.08. The lowest BCUT2D eigenvalue weighted by molar-refractivity contribution is 0.790. The molecule has 0 unspecified atom stereocenters. The molecule has 0 N–H and O–H groups in total. The predicted octanol–water partition coefficient (Wildman–Crippen LogP) is 3.60. The second-order valence-electron chi connectivity index (χ2n) is 4.31. The fraction of sp³-hybridized carbons (Fsp3) is 0.429. The minimum absolute atomic E-state index is 0.873. The van der Waals surface area contributed by atoms with E-state index in [1.165, 1.54) is 11.1 Å². The van der Waals surface area contributed by atoms with Gasteiger partial charge in [-0.3, -0.25) is 0 Å². The van der Waals surface area contributed by atoms with Gasteiger partial charge in [0.25, 0.3) is 0 Å². The van der Waals surface area contributed by atoms with Gasteiger partial charge in [0.2, 0.25) is 0 Å². The highest BCUT2D eigenvalue weighted by atomic mass is 79.9. The fourth-order valence-electron chi connectivity index (χ4n) is 1.94. The zero-order valence-corrected chi connectivity index (χ0v) is 12.7. The Kier molecular flexibility index (Phi) is 4.17. The van der Waals surface area contributed by atoms with Crippen molar-refractivity contribution in [2.75, 3.05) is 0 Å². The van der Waals surface area contributed by atoms with Crippen molar-refractivity contribution in [3.63, 3.8) is 0 Å². The molecule has 1 aromatic heterocycles. The van der Waals surface area contributed by atoms with E-state index in [0.717, 1.165) is 35.5 Å². The summed E-state index contributed by atoms with van der Waals surface area (Å²) >= 11 is 3.50. The van der Waals surface area contributed by atoms with Crippen LogP contribution in [0.3, 0.4) is 0 Å². The molecule has 3 nitrogen and oxygen atoms in total. The van der Waals surface area contributed by atoms with Gasteiger partial charge in [0.15, 0.2) is 5.82 Å². The topological polar surface area (TPSA) is 30.7 Å². The Morgan fingerprint density at radius 1 is 1.22 bits per heavy atom. The molecule has 0 radical (unpaired) electrons. The highest BCUT2D eigenvalue weighted by Crippen LogP contribution is 2.18. The fourth-order valence-corrected chi connectivity index (χ4v) is 2.57.